The van der Waals surface area contributed by atoms with Gasteiger partial charge >= 0.3 is 0 Å². The molecular formula is C18H20N4O3S. The van der Waals surface area contributed by atoms with Crippen molar-refractivity contribution in [2.45, 2.75) is 20.0 Å². The summed E-state index contributed by atoms with van der Waals surface area (Å²) in [5.74, 6) is 0.211. The van der Waals surface area contributed by atoms with Crippen LogP contribution in [0.25, 0.3) is 0 Å². The maximum Gasteiger partial charge on any atom is 0.257 e. The van der Waals surface area contributed by atoms with E-state index in [1.807, 2.05) is 13.8 Å². The Hall–Kier alpha value is -3.00. The van der Waals surface area contributed by atoms with Gasteiger partial charge in [0.1, 0.15) is 12.1 Å². The van der Waals surface area contributed by atoms with Crippen LogP contribution in [0.3, 0.4) is 0 Å². The molecule has 0 aromatic carbocycles. The average molecular weight is 372 g/mol. The molecule has 0 fully saturated rings. The lowest BCUT2D eigenvalue weighted by Crippen LogP contribution is -2.14. The van der Waals surface area contributed by atoms with Gasteiger partial charge in [0.05, 0.1) is 11.7 Å². The fraction of sp³-hybridized carbons (Fsp3) is 0.222. The molecule has 0 aliphatic heterocycles. The number of carbonyl (C=O) groups is 1. The predicted octanol–water partition coefficient (Wildman–Crippen LogP) is 3.65. The van der Waals surface area contributed by atoms with Crippen molar-refractivity contribution in [1.82, 2.24) is 15.2 Å². The molecule has 2 rings (SSSR count). The fourth-order valence-corrected chi connectivity index (χ4v) is 2.31. The number of hydrogen-bond acceptors (Lipinski definition) is 7. The predicted molar refractivity (Wildman–Crippen MR) is 102 cm³/mol. The van der Waals surface area contributed by atoms with Gasteiger partial charge < -0.3 is 9.47 Å². The van der Waals surface area contributed by atoms with E-state index >= 15 is 0 Å². The third-order valence-corrected chi connectivity index (χ3v) is 3.56. The third kappa shape index (κ3) is 5.82. The summed E-state index contributed by atoms with van der Waals surface area (Å²) < 4.78 is 11.3. The molecular weight excluding hydrogens is 352 g/mol. The topological polar surface area (TPSA) is 86.2 Å². The number of carbonyl (C=O) groups excluding carboxylic acids is 1. The van der Waals surface area contributed by atoms with E-state index in [4.69, 9.17) is 9.47 Å². The average Bonchev–Trinajstić information content (AvgIpc) is 3.10. The molecule has 8 heteroatoms. The summed E-state index contributed by atoms with van der Waals surface area (Å²) in [6.07, 6.45) is 5.00. The van der Waals surface area contributed by atoms with Crippen molar-refractivity contribution in [3.8, 4) is 11.8 Å². The van der Waals surface area contributed by atoms with Crippen molar-refractivity contribution in [2.24, 2.45) is 0 Å². The summed E-state index contributed by atoms with van der Waals surface area (Å²) >= 11 is 1.23. The van der Waals surface area contributed by atoms with Crippen molar-refractivity contribution < 1.29 is 14.3 Å². The zero-order valence-electron chi connectivity index (χ0n) is 14.6. The van der Waals surface area contributed by atoms with Gasteiger partial charge in [-0.25, -0.2) is 0 Å². The van der Waals surface area contributed by atoms with Crippen LogP contribution < -0.4 is 14.8 Å². The lowest BCUT2D eigenvalue weighted by molar-refractivity contribution is 0.102. The number of hydrogen-bond donors (Lipinski definition) is 1. The standard InChI is InChI=1S/C18H20N4O3S/c1-5-7-13(6-2)10-24-15-8-14(9-16(20-15)25-12(3)4)17(23)21-18-22-19-11-26-18/h5-9,11-12H,1-2,10H2,3-4H3,(H,21,22,23)/b13-7+. The van der Waals surface area contributed by atoms with E-state index in [-0.39, 0.29) is 24.5 Å². The highest BCUT2D eigenvalue weighted by atomic mass is 32.1. The number of allylic oxidation sites excluding steroid dienone is 2. The van der Waals surface area contributed by atoms with Gasteiger partial charge in [-0.2, -0.15) is 4.98 Å². The minimum Gasteiger partial charge on any atom is -0.475 e. The monoisotopic (exact) mass is 372 g/mol. The van der Waals surface area contributed by atoms with E-state index < -0.39 is 0 Å². The molecule has 2 heterocycles. The molecule has 0 saturated heterocycles. The Morgan fingerprint density at radius 2 is 2.12 bits per heavy atom. The molecule has 0 atom stereocenters. The Kier molecular flexibility index (Phi) is 7.04. The molecule has 7 nitrogen and oxygen atoms in total. The number of pyridine rings is 1. The van der Waals surface area contributed by atoms with E-state index in [2.05, 4.69) is 33.7 Å². The van der Waals surface area contributed by atoms with Gasteiger partial charge in [0.15, 0.2) is 0 Å². The Bertz CT molecular complexity index is 801. The number of ether oxygens (including phenoxy) is 2. The Balaban J connectivity index is 2.23. The number of aromatic nitrogens is 3. The Morgan fingerprint density at radius 1 is 1.35 bits per heavy atom. The smallest absolute Gasteiger partial charge is 0.257 e. The highest BCUT2D eigenvalue weighted by Gasteiger charge is 2.14. The first-order valence-corrected chi connectivity index (χ1v) is 8.73. The van der Waals surface area contributed by atoms with Gasteiger partial charge in [-0.15, -0.1) is 10.2 Å². The van der Waals surface area contributed by atoms with Crippen molar-refractivity contribution in [2.75, 3.05) is 11.9 Å². The summed E-state index contributed by atoms with van der Waals surface area (Å²) in [7, 11) is 0. The Labute approximate surface area is 156 Å². The molecule has 0 bridgehead atoms. The van der Waals surface area contributed by atoms with Crippen LogP contribution in [0.15, 0.2) is 54.6 Å². The van der Waals surface area contributed by atoms with Gasteiger partial charge in [0.2, 0.25) is 16.9 Å². The van der Waals surface area contributed by atoms with Crippen LogP contribution in [0.1, 0.15) is 24.2 Å². The minimum atomic E-state index is -0.354. The number of amides is 1. The van der Waals surface area contributed by atoms with E-state index in [0.717, 1.165) is 5.57 Å². The van der Waals surface area contributed by atoms with Crippen molar-refractivity contribution in [1.29, 1.82) is 0 Å². The first kappa shape index (κ1) is 19.3. The third-order valence-electron chi connectivity index (χ3n) is 2.96. The maximum atomic E-state index is 12.4. The lowest BCUT2D eigenvalue weighted by Gasteiger charge is -2.13. The van der Waals surface area contributed by atoms with Crippen LogP contribution >= 0.6 is 11.3 Å². The molecule has 0 aliphatic carbocycles. The van der Waals surface area contributed by atoms with Crippen molar-refractivity contribution in [3.05, 3.63) is 60.2 Å². The number of nitrogens with one attached hydrogen (secondary N) is 1. The van der Waals surface area contributed by atoms with E-state index in [9.17, 15) is 4.79 Å². The van der Waals surface area contributed by atoms with Crippen LogP contribution in [0.5, 0.6) is 11.8 Å². The van der Waals surface area contributed by atoms with Crippen molar-refractivity contribution >= 4 is 22.4 Å². The summed E-state index contributed by atoms with van der Waals surface area (Å²) in [6, 6.07) is 3.09. The molecule has 26 heavy (non-hydrogen) atoms. The van der Waals surface area contributed by atoms with E-state index in [0.29, 0.717) is 16.6 Å². The number of nitrogens with zero attached hydrogens (tertiary/aromatic N) is 3. The molecule has 1 amide bonds. The van der Waals surface area contributed by atoms with E-state index in [1.165, 1.54) is 22.9 Å². The van der Waals surface area contributed by atoms with Crippen LogP contribution in [0, 0.1) is 0 Å². The number of rotatable bonds is 9. The normalized spacial score (nSPS) is 11.1. The zero-order chi connectivity index (χ0) is 18.9. The molecule has 0 radical (unpaired) electrons. The molecule has 0 spiro atoms. The first-order valence-electron chi connectivity index (χ1n) is 7.85. The molecule has 0 aliphatic rings. The molecule has 1 N–H and O–H groups in total. The molecule has 0 saturated carbocycles. The zero-order valence-corrected chi connectivity index (χ0v) is 15.5. The second-order valence-corrected chi connectivity index (χ2v) is 6.20. The minimum absolute atomic E-state index is 0.0961. The van der Waals surface area contributed by atoms with Crippen LogP contribution in [0.2, 0.25) is 0 Å². The van der Waals surface area contributed by atoms with Crippen LogP contribution in [-0.2, 0) is 0 Å². The largest absolute Gasteiger partial charge is 0.475 e. The van der Waals surface area contributed by atoms with Crippen LogP contribution in [-0.4, -0.2) is 33.8 Å². The summed E-state index contributed by atoms with van der Waals surface area (Å²) in [5.41, 5.74) is 2.71. The molecule has 136 valence electrons. The maximum absolute atomic E-state index is 12.4. The second kappa shape index (κ2) is 9.47. The second-order valence-electron chi connectivity index (χ2n) is 5.37. The first-order chi connectivity index (χ1) is 12.5. The summed E-state index contributed by atoms with van der Waals surface area (Å²) in [6.45, 7) is 11.4. The number of anilines is 1. The van der Waals surface area contributed by atoms with Crippen molar-refractivity contribution in [3.63, 3.8) is 0 Å². The fourth-order valence-electron chi connectivity index (χ4n) is 1.87. The summed E-state index contributed by atoms with van der Waals surface area (Å²) in [5, 5.41) is 10.6. The van der Waals surface area contributed by atoms with Gasteiger partial charge in [0.25, 0.3) is 5.91 Å². The SMILES string of the molecule is C=C/C=C(\C=C)COc1cc(C(=O)Nc2nncs2)cc(OC(C)C)n1. The van der Waals surface area contributed by atoms with Crippen LogP contribution in [0.4, 0.5) is 5.13 Å². The summed E-state index contributed by atoms with van der Waals surface area (Å²) in [4.78, 5) is 16.7. The highest BCUT2D eigenvalue weighted by molar-refractivity contribution is 7.13. The van der Waals surface area contributed by atoms with E-state index in [1.54, 1.807) is 24.3 Å². The Morgan fingerprint density at radius 3 is 2.73 bits per heavy atom. The highest BCUT2D eigenvalue weighted by Crippen LogP contribution is 2.21. The quantitative estimate of drug-likeness (QED) is 0.676. The molecule has 0 unspecified atom stereocenters. The van der Waals surface area contributed by atoms with Gasteiger partial charge in [-0.1, -0.05) is 42.7 Å². The molecule has 2 aromatic rings. The molecule has 2 aromatic heterocycles. The lowest BCUT2D eigenvalue weighted by atomic mass is 10.2. The van der Waals surface area contributed by atoms with Gasteiger partial charge in [0, 0.05) is 12.1 Å². The van der Waals surface area contributed by atoms with Gasteiger partial charge in [-0.3, -0.25) is 10.1 Å². The van der Waals surface area contributed by atoms with Gasteiger partial charge in [-0.05, 0) is 19.4 Å².